The predicted molar refractivity (Wildman–Crippen MR) is 96.7 cm³/mol. The van der Waals surface area contributed by atoms with E-state index in [1.807, 2.05) is 13.1 Å². The van der Waals surface area contributed by atoms with Crippen LogP contribution in [-0.2, 0) is 6.54 Å². The lowest BCUT2D eigenvalue weighted by Gasteiger charge is -2.21. The topological polar surface area (TPSA) is 46.1 Å². The maximum absolute atomic E-state index is 5.43. The molecule has 3 rings (SSSR count). The molecule has 2 aliphatic rings. The van der Waals surface area contributed by atoms with Gasteiger partial charge in [0.15, 0.2) is 17.5 Å². The molecule has 1 N–H and O–H groups in total. The normalized spacial score (nSPS) is 16.9. The van der Waals surface area contributed by atoms with E-state index in [9.17, 15) is 0 Å². The Hall–Kier alpha value is -0.700. The summed E-state index contributed by atoms with van der Waals surface area (Å²) >= 11 is 3.52. The molecule has 0 radical (unpaired) electrons. The predicted octanol–water partition coefficient (Wildman–Crippen LogP) is 2.97. The van der Waals surface area contributed by atoms with Crippen LogP contribution in [0.1, 0.15) is 18.4 Å². The minimum atomic E-state index is 0. The van der Waals surface area contributed by atoms with E-state index in [2.05, 4.69) is 37.2 Å². The van der Waals surface area contributed by atoms with Crippen molar-refractivity contribution < 1.29 is 9.47 Å². The van der Waals surface area contributed by atoms with Crippen molar-refractivity contribution in [2.75, 3.05) is 26.9 Å². The summed E-state index contributed by atoms with van der Waals surface area (Å²) in [6.07, 6.45) is 2.49. The van der Waals surface area contributed by atoms with Crippen molar-refractivity contribution in [3.8, 4) is 11.5 Å². The first-order valence-electron chi connectivity index (χ1n) is 6.81. The van der Waals surface area contributed by atoms with Gasteiger partial charge in [0, 0.05) is 26.7 Å². The molecule has 1 saturated heterocycles. The Morgan fingerprint density at radius 2 is 2.10 bits per heavy atom. The zero-order chi connectivity index (χ0) is 13.9. The summed E-state index contributed by atoms with van der Waals surface area (Å²) < 4.78 is 11.8. The van der Waals surface area contributed by atoms with Crippen LogP contribution in [0.2, 0.25) is 0 Å². The zero-order valence-corrected chi connectivity index (χ0v) is 15.8. The van der Waals surface area contributed by atoms with Crippen molar-refractivity contribution in [1.29, 1.82) is 0 Å². The molecule has 0 bridgehead atoms. The van der Waals surface area contributed by atoms with Crippen LogP contribution in [0.15, 0.2) is 21.6 Å². The molecule has 0 aromatic heterocycles. The number of fused-ring (bicyclic) bond motifs is 1. The molecule has 0 atom stereocenters. The van der Waals surface area contributed by atoms with Crippen molar-refractivity contribution in [3.05, 3.63) is 22.2 Å². The fourth-order valence-electron chi connectivity index (χ4n) is 2.57. The minimum absolute atomic E-state index is 0. The Morgan fingerprint density at radius 3 is 2.81 bits per heavy atom. The van der Waals surface area contributed by atoms with Gasteiger partial charge in [0.25, 0.3) is 0 Å². The molecule has 2 aliphatic heterocycles. The number of guanidine groups is 1. The Labute approximate surface area is 150 Å². The van der Waals surface area contributed by atoms with Crippen LogP contribution in [0.3, 0.4) is 0 Å². The van der Waals surface area contributed by atoms with Crippen molar-refractivity contribution >= 4 is 45.9 Å². The molecular weight excluding hydrogens is 449 g/mol. The van der Waals surface area contributed by atoms with Crippen LogP contribution in [0.4, 0.5) is 0 Å². The van der Waals surface area contributed by atoms with Gasteiger partial charge in [-0.25, -0.2) is 0 Å². The number of benzene rings is 1. The number of nitrogens with one attached hydrogen (secondary N) is 1. The lowest BCUT2D eigenvalue weighted by molar-refractivity contribution is 0.173. The van der Waals surface area contributed by atoms with E-state index in [0.717, 1.165) is 47.1 Å². The van der Waals surface area contributed by atoms with Crippen molar-refractivity contribution in [1.82, 2.24) is 10.2 Å². The monoisotopic (exact) mass is 467 g/mol. The number of rotatable bonds is 2. The Morgan fingerprint density at radius 1 is 1.33 bits per heavy atom. The number of nitrogens with zero attached hydrogens (tertiary/aromatic N) is 2. The number of hydrogen-bond donors (Lipinski definition) is 1. The lowest BCUT2D eigenvalue weighted by atomic mass is 10.2. The van der Waals surface area contributed by atoms with Crippen molar-refractivity contribution in [2.24, 2.45) is 4.99 Å². The summed E-state index contributed by atoms with van der Waals surface area (Å²) in [5.74, 6) is 2.56. The number of ether oxygens (including phenoxy) is 2. The molecule has 5 nitrogen and oxygen atoms in total. The molecular formula is C14H19BrIN3O2. The Balaban J connectivity index is 0.00000161. The first-order chi connectivity index (χ1) is 9.78. The third-order valence-corrected chi connectivity index (χ3v) is 4.14. The van der Waals surface area contributed by atoms with Gasteiger partial charge in [-0.3, -0.25) is 4.99 Å². The van der Waals surface area contributed by atoms with Crippen LogP contribution in [0.5, 0.6) is 11.5 Å². The van der Waals surface area contributed by atoms with Crippen LogP contribution in [0.25, 0.3) is 0 Å². The van der Waals surface area contributed by atoms with Gasteiger partial charge in [0.05, 0.1) is 4.47 Å². The van der Waals surface area contributed by atoms with Gasteiger partial charge in [-0.05, 0) is 46.5 Å². The molecule has 0 amide bonds. The molecule has 1 fully saturated rings. The second-order valence-corrected chi connectivity index (χ2v) is 5.76. The summed E-state index contributed by atoms with van der Waals surface area (Å²) in [5, 5.41) is 3.40. The maximum atomic E-state index is 5.43. The Kier molecular flexibility index (Phi) is 5.98. The second kappa shape index (κ2) is 7.53. The first kappa shape index (κ1) is 16.7. The fraction of sp³-hybridized carbons (Fsp3) is 0.500. The van der Waals surface area contributed by atoms with Gasteiger partial charge in [0.2, 0.25) is 6.79 Å². The van der Waals surface area contributed by atoms with E-state index in [-0.39, 0.29) is 24.0 Å². The highest BCUT2D eigenvalue weighted by atomic mass is 127. The standard InChI is InChI=1S/C14H18BrN3O2.HI/c1-16-14(18-4-2-3-5-18)17-8-10-6-11(15)13-12(7-10)19-9-20-13;/h6-7H,2-5,8-9H2,1H3,(H,16,17);1H. The molecule has 1 aromatic rings. The third kappa shape index (κ3) is 3.74. The van der Waals surface area contributed by atoms with E-state index in [0.29, 0.717) is 6.79 Å². The van der Waals surface area contributed by atoms with Crippen LogP contribution in [0, 0.1) is 0 Å². The SMILES string of the molecule is CN=C(NCc1cc(Br)c2c(c1)OCO2)N1CCCC1.I. The highest BCUT2D eigenvalue weighted by Crippen LogP contribution is 2.39. The molecule has 116 valence electrons. The summed E-state index contributed by atoms with van der Waals surface area (Å²) in [6.45, 7) is 3.19. The van der Waals surface area contributed by atoms with Gasteiger partial charge in [-0.2, -0.15) is 0 Å². The van der Waals surface area contributed by atoms with Gasteiger partial charge in [-0.1, -0.05) is 0 Å². The summed E-state index contributed by atoms with van der Waals surface area (Å²) in [6, 6.07) is 4.06. The maximum Gasteiger partial charge on any atom is 0.231 e. The molecule has 0 unspecified atom stereocenters. The number of likely N-dealkylation sites (tertiary alicyclic amines) is 1. The molecule has 21 heavy (non-hydrogen) atoms. The summed E-state index contributed by atoms with van der Waals surface area (Å²) in [7, 11) is 1.83. The van der Waals surface area contributed by atoms with Gasteiger partial charge in [-0.15, -0.1) is 24.0 Å². The quantitative estimate of drug-likeness (QED) is 0.412. The van der Waals surface area contributed by atoms with Crippen LogP contribution >= 0.6 is 39.9 Å². The van der Waals surface area contributed by atoms with E-state index in [1.165, 1.54) is 12.8 Å². The number of halogens is 2. The van der Waals surface area contributed by atoms with Gasteiger partial charge >= 0.3 is 0 Å². The fourth-order valence-corrected chi connectivity index (χ4v) is 3.17. The van der Waals surface area contributed by atoms with E-state index >= 15 is 0 Å². The van der Waals surface area contributed by atoms with E-state index in [4.69, 9.17) is 9.47 Å². The molecule has 1 aromatic carbocycles. The average molecular weight is 468 g/mol. The molecule has 7 heteroatoms. The highest BCUT2D eigenvalue weighted by molar-refractivity contribution is 14.0. The average Bonchev–Trinajstić information content (AvgIpc) is 3.10. The third-order valence-electron chi connectivity index (χ3n) is 3.56. The first-order valence-corrected chi connectivity index (χ1v) is 7.61. The molecule has 2 heterocycles. The molecule has 0 saturated carbocycles. The number of aliphatic imine (C=N–C) groups is 1. The van der Waals surface area contributed by atoms with Crippen LogP contribution in [-0.4, -0.2) is 37.8 Å². The van der Waals surface area contributed by atoms with E-state index in [1.54, 1.807) is 0 Å². The largest absolute Gasteiger partial charge is 0.454 e. The zero-order valence-electron chi connectivity index (χ0n) is 11.9. The molecule has 0 spiro atoms. The Bertz CT molecular complexity index is 533. The highest BCUT2D eigenvalue weighted by Gasteiger charge is 2.19. The summed E-state index contributed by atoms with van der Waals surface area (Å²) in [4.78, 5) is 6.64. The summed E-state index contributed by atoms with van der Waals surface area (Å²) in [5.41, 5.74) is 1.14. The van der Waals surface area contributed by atoms with Gasteiger partial charge < -0.3 is 19.7 Å². The van der Waals surface area contributed by atoms with Crippen molar-refractivity contribution in [3.63, 3.8) is 0 Å². The number of hydrogen-bond acceptors (Lipinski definition) is 3. The smallest absolute Gasteiger partial charge is 0.231 e. The van der Waals surface area contributed by atoms with Crippen molar-refractivity contribution in [2.45, 2.75) is 19.4 Å². The lowest BCUT2D eigenvalue weighted by Crippen LogP contribution is -2.39. The van der Waals surface area contributed by atoms with E-state index < -0.39 is 0 Å². The van der Waals surface area contributed by atoms with Crippen LogP contribution < -0.4 is 14.8 Å². The van der Waals surface area contributed by atoms with Gasteiger partial charge in [0.1, 0.15) is 0 Å². The second-order valence-electron chi connectivity index (χ2n) is 4.91. The molecule has 0 aliphatic carbocycles. The minimum Gasteiger partial charge on any atom is -0.454 e.